The molecule has 0 bridgehead atoms. The number of amides is 1. The minimum absolute atomic E-state index is 0.131. The lowest BCUT2D eigenvalue weighted by Crippen LogP contribution is -2.26. The molecular weight excluding hydrogens is 266 g/mol. The van der Waals surface area contributed by atoms with E-state index in [0.29, 0.717) is 12.2 Å². The molecule has 1 aromatic heterocycles. The molecular formula is C16H21N3O2. The standard InChI is InChI=1S/C16H21N3O2/c1-4-19-12(2)10-15(18-19)16(20)17-9-8-13-6-5-7-14(11-13)21-3/h5-7,10-11H,4,8-9H2,1-3H3,(H,17,20). The van der Waals surface area contributed by atoms with Crippen LogP contribution in [0.15, 0.2) is 30.3 Å². The number of rotatable bonds is 6. The number of methoxy groups -OCH3 is 1. The highest BCUT2D eigenvalue weighted by Crippen LogP contribution is 2.12. The number of carbonyl (C=O) groups is 1. The molecule has 112 valence electrons. The Balaban J connectivity index is 1.88. The van der Waals surface area contributed by atoms with Gasteiger partial charge in [0.15, 0.2) is 0 Å². The first-order valence-corrected chi connectivity index (χ1v) is 7.09. The molecule has 21 heavy (non-hydrogen) atoms. The van der Waals surface area contributed by atoms with Crippen molar-refractivity contribution in [3.05, 3.63) is 47.3 Å². The first-order valence-electron chi connectivity index (χ1n) is 7.09. The van der Waals surface area contributed by atoms with Crippen LogP contribution in [-0.2, 0) is 13.0 Å². The van der Waals surface area contributed by atoms with Crippen LogP contribution < -0.4 is 10.1 Å². The molecule has 1 heterocycles. The largest absolute Gasteiger partial charge is 0.497 e. The Hall–Kier alpha value is -2.30. The van der Waals surface area contributed by atoms with Gasteiger partial charge in [-0.1, -0.05) is 12.1 Å². The molecule has 0 saturated heterocycles. The van der Waals surface area contributed by atoms with Crippen molar-refractivity contribution >= 4 is 5.91 Å². The molecule has 5 heteroatoms. The maximum atomic E-state index is 12.0. The van der Waals surface area contributed by atoms with Crippen LogP contribution in [0.4, 0.5) is 0 Å². The Kier molecular flexibility index (Phi) is 4.98. The summed E-state index contributed by atoms with van der Waals surface area (Å²) in [5.74, 6) is 0.698. The van der Waals surface area contributed by atoms with Crippen molar-refractivity contribution < 1.29 is 9.53 Å². The number of ether oxygens (including phenoxy) is 1. The first kappa shape index (κ1) is 15.1. The second kappa shape index (κ2) is 6.92. The normalized spacial score (nSPS) is 10.4. The van der Waals surface area contributed by atoms with Crippen LogP contribution in [0.25, 0.3) is 0 Å². The zero-order valence-corrected chi connectivity index (χ0v) is 12.7. The molecule has 5 nitrogen and oxygen atoms in total. The van der Waals surface area contributed by atoms with Crippen molar-refractivity contribution in [1.82, 2.24) is 15.1 Å². The number of benzene rings is 1. The third-order valence-corrected chi connectivity index (χ3v) is 3.35. The van der Waals surface area contributed by atoms with Crippen molar-refractivity contribution in [3.63, 3.8) is 0 Å². The number of aromatic nitrogens is 2. The fourth-order valence-corrected chi connectivity index (χ4v) is 2.18. The topological polar surface area (TPSA) is 56.2 Å². The lowest BCUT2D eigenvalue weighted by molar-refractivity contribution is 0.0948. The third-order valence-electron chi connectivity index (χ3n) is 3.35. The summed E-state index contributed by atoms with van der Waals surface area (Å²) in [6, 6.07) is 9.65. The maximum absolute atomic E-state index is 12.0. The van der Waals surface area contributed by atoms with Gasteiger partial charge in [0.2, 0.25) is 0 Å². The summed E-state index contributed by atoms with van der Waals surface area (Å²) in [6.45, 7) is 5.29. The average Bonchev–Trinajstić information content (AvgIpc) is 2.88. The number of hydrogen-bond acceptors (Lipinski definition) is 3. The highest BCUT2D eigenvalue weighted by molar-refractivity contribution is 5.92. The second-order valence-corrected chi connectivity index (χ2v) is 4.84. The van der Waals surface area contributed by atoms with Gasteiger partial charge in [-0.2, -0.15) is 5.10 Å². The molecule has 0 spiro atoms. The number of carbonyl (C=O) groups excluding carboxylic acids is 1. The van der Waals surface area contributed by atoms with Crippen molar-refractivity contribution in [2.24, 2.45) is 0 Å². The van der Waals surface area contributed by atoms with Gasteiger partial charge < -0.3 is 10.1 Å². The molecule has 1 N–H and O–H groups in total. The van der Waals surface area contributed by atoms with Crippen LogP contribution in [0.1, 0.15) is 28.7 Å². The zero-order valence-electron chi connectivity index (χ0n) is 12.7. The van der Waals surface area contributed by atoms with E-state index < -0.39 is 0 Å². The second-order valence-electron chi connectivity index (χ2n) is 4.84. The van der Waals surface area contributed by atoms with Gasteiger partial charge in [-0.25, -0.2) is 0 Å². The van der Waals surface area contributed by atoms with Crippen LogP contribution in [0.5, 0.6) is 5.75 Å². The molecule has 1 amide bonds. The van der Waals surface area contributed by atoms with E-state index in [9.17, 15) is 4.79 Å². The molecule has 0 aliphatic heterocycles. The van der Waals surface area contributed by atoms with Gasteiger partial charge in [0.25, 0.3) is 5.91 Å². The van der Waals surface area contributed by atoms with Gasteiger partial charge in [0.1, 0.15) is 11.4 Å². The Morgan fingerprint density at radius 3 is 2.86 bits per heavy atom. The quantitative estimate of drug-likeness (QED) is 0.886. The smallest absolute Gasteiger partial charge is 0.271 e. The number of nitrogens with one attached hydrogen (secondary N) is 1. The van der Waals surface area contributed by atoms with Gasteiger partial charge in [0, 0.05) is 18.8 Å². The first-order chi connectivity index (χ1) is 10.1. The molecule has 0 saturated carbocycles. The van der Waals surface area contributed by atoms with Gasteiger partial charge in [-0.05, 0) is 44.0 Å². The van der Waals surface area contributed by atoms with Gasteiger partial charge >= 0.3 is 0 Å². The van der Waals surface area contributed by atoms with Crippen molar-refractivity contribution in [2.75, 3.05) is 13.7 Å². The van der Waals surface area contributed by atoms with E-state index in [0.717, 1.165) is 30.0 Å². The van der Waals surface area contributed by atoms with Crippen LogP contribution >= 0.6 is 0 Å². The van der Waals surface area contributed by atoms with E-state index >= 15 is 0 Å². The SMILES string of the molecule is CCn1nc(C(=O)NCCc2cccc(OC)c2)cc1C. The van der Waals surface area contributed by atoms with Crippen LogP contribution in [0, 0.1) is 6.92 Å². The summed E-state index contributed by atoms with van der Waals surface area (Å²) >= 11 is 0. The number of hydrogen-bond donors (Lipinski definition) is 1. The van der Waals surface area contributed by atoms with E-state index in [-0.39, 0.29) is 5.91 Å². The number of nitrogens with zero attached hydrogens (tertiary/aromatic N) is 2. The molecule has 0 atom stereocenters. The maximum Gasteiger partial charge on any atom is 0.271 e. The predicted octanol–water partition coefficient (Wildman–Crippen LogP) is 2.19. The van der Waals surface area contributed by atoms with E-state index in [1.807, 2.05) is 48.9 Å². The molecule has 0 fully saturated rings. The molecule has 1 aromatic carbocycles. The van der Waals surface area contributed by atoms with E-state index in [1.54, 1.807) is 7.11 Å². The summed E-state index contributed by atoms with van der Waals surface area (Å²) in [7, 11) is 1.65. The van der Waals surface area contributed by atoms with Gasteiger partial charge in [-0.3, -0.25) is 9.48 Å². The summed E-state index contributed by atoms with van der Waals surface area (Å²) in [6.07, 6.45) is 0.760. The molecule has 0 aliphatic carbocycles. The van der Waals surface area contributed by atoms with Crippen LogP contribution in [0.2, 0.25) is 0 Å². The van der Waals surface area contributed by atoms with Crippen LogP contribution in [-0.4, -0.2) is 29.3 Å². The third kappa shape index (κ3) is 3.84. The molecule has 0 aliphatic rings. The van der Waals surface area contributed by atoms with Crippen molar-refractivity contribution in [3.8, 4) is 5.75 Å². The monoisotopic (exact) mass is 287 g/mol. The molecule has 0 radical (unpaired) electrons. The Morgan fingerprint density at radius 2 is 2.19 bits per heavy atom. The van der Waals surface area contributed by atoms with Crippen molar-refractivity contribution in [2.45, 2.75) is 26.8 Å². The Labute approximate surface area is 124 Å². The Morgan fingerprint density at radius 1 is 1.38 bits per heavy atom. The van der Waals surface area contributed by atoms with Crippen molar-refractivity contribution in [1.29, 1.82) is 0 Å². The summed E-state index contributed by atoms with van der Waals surface area (Å²) in [4.78, 5) is 12.0. The van der Waals surface area contributed by atoms with Crippen LogP contribution in [0.3, 0.4) is 0 Å². The number of aryl methyl sites for hydroxylation is 2. The minimum atomic E-state index is -0.131. The van der Waals surface area contributed by atoms with Gasteiger partial charge in [0.05, 0.1) is 7.11 Å². The average molecular weight is 287 g/mol. The van der Waals surface area contributed by atoms with E-state index in [1.165, 1.54) is 0 Å². The molecule has 0 unspecified atom stereocenters. The summed E-state index contributed by atoms with van der Waals surface area (Å²) < 4.78 is 7.00. The fourth-order valence-electron chi connectivity index (χ4n) is 2.18. The minimum Gasteiger partial charge on any atom is -0.497 e. The zero-order chi connectivity index (χ0) is 15.2. The fraction of sp³-hybridized carbons (Fsp3) is 0.375. The summed E-state index contributed by atoms with van der Waals surface area (Å²) in [5.41, 5.74) is 2.60. The summed E-state index contributed by atoms with van der Waals surface area (Å²) in [5, 5.41) is 7.16. The molecule has 2 aromatic rings. The highest BCUT2D eigenvalue weighted by Gasteiger charge is 2.11. The lowest BCUT2D eigenvalue weighted by atomic mass is 10.1. The van der Waals surface area contributed by atoms with E-state index in [2.05, 4.69) is 10.4 Å². The van der Waals surface area contributed by atoms with E-state index in [4.69, 9.17) is 4.74 Å². The van der Waals surface area contributed by atoms with Gasteiger partial charge in [-0.15, -0.1) is 0 Å². The highest BCUT2D eigenvalue weighted by atomic mass is 16.5. The lowest BCUT2D eigenvalue weighted by Gasteiger charge is -2.05. The Bertz CT molecular complexity index is 620. The predicted molar refractivity (Wildman–Crippen MR) is 81.7 cm³/mol. The molecule has 2 rings (SSSR count).